The van der Waals surface area contributed by atoms with Crippen molar-refractivity contribution in [3.8, 4) is 0 Å². The Morgan fingerprint density at radius 2 is 1.38 bits per heavy atom. The highest BCUT2D eigenvalue weighted by Crippen LogP contribution is 2.32. The maximum atomic E-state index is 12.6. The predicted molar refractivity (Wildman–Crippen MR) is 129 cm³/mol. The molecule has 40 heavy (non-hydrogen) atoms. The van der Waals surface area contributed by atoms with Crippen LogP contribution in [0.5, 0.6) is 0 Å². The summed E-state index contributed by atoms with van der Waals surface area (Å²) in [6.07, 6.45) is -20.6. The second kappa shape index (κ2) is 14.3. The van der Waals surface area contributed by atoms with E-state index >= 15 is 0 Å². The Balaban J connectivity index is 1.85. The van der Waals surface area contributed by atoms with Gasteiger partial charge >= 0.3 is 0 Å². The number of hydrogen-bond donors (Lipinski definition) is 13. The van der Waals surface area contributed by atoms with Crippen molar-refractivity contribution in [3.63, 3.8) is 0 Å². The zero-order chi connectivity index (χ0) is 29.9. The van der Waals surface area contributed by atoms with Gasteiger partial charge in [0.25, 0.3) is 0 Å². The van der Waals surface area contributed by atoms with Crippen LogP contribution in [0.15, 0.2) is 0 Å². The van der Waals surface area contributed by atoms with E-state index in [2.05, 4.69) is 5.32 Å². The Morgan fingerprint density at radius 1 is 0.825 bits per heavy atom. The Hall–Kier alpha value is -1.17. The van der Waals surface area contributed by atoms with Crippen LogP contribution < -0.4 is 22.5 Å². The topological polar surface area (TPSA) is 326 Å². The van der Waals surface area contributed by atoms with Gasteiger partial charge in [0.05, 0.1) is 25.3 Å². The molecule has 1 aliphatic carbocycles. The third-order valence-electron chi connectivity index (χ3n) is 7.46. The number of carbonyl (C=O) groups is 1. The number of aliphatic hydroxyl groups is 9. The maximum Gasteiger partial charge on any atom is 0.249 e. The van der Waals surface area contributed by atoms with Crippen molar-refractivity contribution in [2.75, 3.05) is 19.8 Å². The SMILES string of the molecule is NCC[C@H](O)C(=O)N[C@@H]1CC(N)[C@@H](O[C@H]2OC(CO)[C@@H](O)[C@H](O)C2O)C(O)[C@@H]1O[C@H]1OC(CO)[C@@H](O)C(N)[C@@H]1O. The lowest BCUT2D eigenvalue weighted by molar-refractivity contribution is -0.335. The first-order chi connectivity index (χ1) is 18.9. The van der Waals surface area contributed by atoms with Gasteiger partial charge in [0.1, 0.15) is 67.1 Å². The van der Waals surface area contributed by atoms with Gasteiger partial charge in [-0.05, 0) is 19.4 Å². The Kier molecular flexibility index (Phi) is 11.9. The maximum absolute atomic E-state index is 12.6. The lowest BCUT2D eigenvalue weighted by Gasteiger charge is -2.48. The molecule has 3 aliphatic rings. The number of carbonyl (C=O) groups excluding carboxylic acids is 1. The van der Waals surface area contributed by atoms with Gasteiger partial charge in [0.2, 0.25) is 5.91 Å². The van der Waals surface area contributed by atoms with E-state index in [9.17, 15) is 50.8 Å². The van der Waals surface area contributed by atoms with Gasteiger partial charge < -0.3 is 87.4 Å². The first-order valence-corrected chi connectivity index (χ1v) is 13.0. The lowest BCUT2D eigenvalue weighted by atomic mass is 9.83. The molecule has 2 heterocycles. The van der Waals surface area contributed by atoms with Crippen LogP contribution in [0.3, 0.4) is 0 Å². The third kappa shape index (κ3) is 7.06. The summed E-state index contributed by atoms with van der Waals surface area (Å²) in [6, 6.07) is -3.52. The highest BCUT2D eigenvalue weighted by atomic mass is 16.7. The minimum atomic E-state index is -1.81. The smallest absolute Gasteiger partial charge is 0.249 e. The largest absolute Gasteiger partial charge is 0.394 e. The summed E-state index contributed by atoms with van der Waals surface area (Å²) in [5.74, 6) is -0.859. The quantitative estimate of drug-likeness (QED) is 0.113. The summed E-state index contributed by atoms with van der Waals surface area (Å²) in [5.41, 5.74) is 17.5. The van der Waals surface area contributed by atoms with Gasteiger partial charge in [0, 0.05) is 6.04 Å². The molecule has 0 aromatic rings. The highest BCUT2D eigenvalue weighted by molar-refractivity contribution is 5.80. The van der Waals surface area contributed by atoms with E-state index in [1.807, 2.05) is 0 Å². The zero-order valence-electron chi connectivity index (χ0n) is 21.6. The Bertz CT molecular complexity index is 813. The van der Waals surface area contributed by atoms with Gasteiger partial charge in [-0.15, -0.1) is 0 Å². The number of rotatable bonds is 10. The van der Waals surface area contributed by atoms with Crippen LogP contribution in [0, 0.1) is 0 Å². The van der Waals surface area contributed by atoms with Gasteiger partial charge in [0.15, 0.2) is 12.6 Å². The number of aliphatic hydroxyl groups excluding tert-OH is 9. The fraction of sp³-hybridized carbons (Fsp3) is 0.955. The molecular formula is C22H42N4O14. The zero-order valence-corrected chi connectivity index (χ0v) is 21.6. The molecule has 0 aromatic carbocycles. The van der Waals surface area contributed by atoms with Gasteiger partial charge in [-0.1, -0.05) is 0 Å². The summed E-state index contributed by atoms with van der Waals surface area (Å²) in [5, 5.41) is 94.0. The average molecular weight is 587 g/mol. The summed E-state index contributed by atoms with van der Waals surface area (Å²) in [4.78, 5) is 12.6. The Labute approximate surface area is 229 Å². The third-order valence-corrected chi connectivity index (χ3v) is 7.46. The van der Waals surface area contributed by atoms with Crippen LogP contribution in [-0.2, 0) is 23.7 Å². The average Bonchev–Trinajstić information content (AvgIpc) is 2.92. The van der Waals surface area contributed by atoms with Crippen LogP contribution in [-0.4, -0.2) is 169 Å². The van der Waals surface area contributed by atoms with Crippen LogP contribution in [0.4, 0.5) is 0 Å². The van der Waals surface area contributed by atoms with Crippen molar-refractivity contribution in [1.82, 2.24) is 5.32 Å². The second-order valence-electron chi connectivity index (χ2n) is 10.3. The standard InChI is InChI=1S/C22H42N4O14/c23-2-1-8(29)20(36)26-7-3-6(24)18(39-22-16(34)15(33)13(31)10(5-28)38-22)17(35)19(7)40-21-14(32)11(25)12(30)9(4-27)37-21/h6-19,21-22,27-35H,1-5,23-25H2,(H,26,36)/t6?,7-,8+,9?,10?,11?,12-,13-,14+,15+,16?,17?,18-,19-,21-,22-/m1/s1. The molecule has 2 aliphatic heterocycles. The molecule has 1 amide bonds. The van der Waals surface area contributed by atoms with Crippen molar-refractivity contribution >= 4 is 5.91 Å². The van der Waals surface area contributed by atoms with Gasteiger partial charge in [-0.25, -0.2) is 0 Å². The molecule has 1 saturated carbocycles. The molecule has 0 spiro atoms. The molecular weight excluding hydrogens is 544 g/mol. The van der Waals surface area contributed by atoms with Gasteiger partial charge in [-0.2, -0.15) is 0 Å². The molecule has 2 saturated heterocycles. The van der Waals surface area contributed by atoms with E-state index in [0.717, 1.165) is 0 Å². The molecule has 16 N–H and O–H groups in total. The van der Waals surface area contributed by atoms with Gasteiger partial charge in [-0.3, -0.25) is 4.79 Å². The molecule has 16 atom stereocenters. The van der Waals surface area contributed by atoms with Crippen molar-refractivity contribution < 1.29 is 69.7 Å². The molecule has 6 unspecified atom stereocenters. The molecule has 3 fully saturated rings. The van der Waals surface area contributed by atoms with Crippen LogP contribution in [0.25, 0.3) is 0 Å². The summed E-state index contributed by atoms with van der Waals surface area (Å²) in [7, 11) is 0. The summed E-state index contributed by atoms with van der Waals surface area (Å²) in [6.45, 7) is -1.42. The van der Waals surface area contributed by atoms with Crippen molar-refractivity contribution in [2.24, 2.45) is 17.2 Å². The lowest BCUT2D eigenvalue weighted by Crippen LogP contribution is -2.69. The second-order valence-corrected chi connectivity index (χ2v) is 10.3. The monoisotopic (exact) mass is 586 g/mol. The highest BCUT2D eigenvalue weighted by Gasteiger charge is 2.52. The minimum Gasteiger partial charge on any atom is -0.394 e. The number of nitrogens with two attached hydrogens (primary N) is 3. The van der Waals surface area contributed by atoms with Crippen molar-refractivity contribution in [2.45, 2.75) is 111 Å². The summed E-state index contributed by atoms with van der Waals surface area (Å²) < 4.78 is 22.3. The first-order valence-electron chi connectivity index (χ1n) is 13.0. The Morgan fingerprint density at radius 3 is 1.95 bits per heavy atom. The molecule has 18 heteroatoms. The minimum absolute atomic E-state index is 0.00119. The molecule has 0 aromatic heterocycles. The molecule has 234 valence electrons. The van der Waals surface area contributed by atoms with Crippen LogP contribution >= 0.6 is 0 Å². The fourth-order valence-electron chi connectivity index (χ4n) is 5.02. The molecule has 0 bridgehead atoms. The van der Waals surface area contributed by atoms with Crippen LogP contribution in [0.2, 0.25) is 0 Å². The van der Waals surface area contributed by atoms with E-state index < -0.39 is 117 Å². The summed E-state index contributed by atoms with van der Waals surface area (Å²) >= 11 is 0. The fourth-order valence-corrected chi connectivity index (χ4v) is 5.02. The van der Waals surface area contributed by atoms with E-state index in [-0.39, 0.29) is 19.4 Å². The van der Waals surface area contributed by atoms with E-state index in [0.29, 0.717) is 0 Å². The normalized spacial score (nSPS) is 47.0. The van der Waals surface area contributed by atoms with Crippen molar-refractivity contribution in [1.29, 1.82) is 0 Å². The van der Waals surface area contributed by atoms with E-state index in [4.69, 9.17) is 36.1 Å². The predicted octanol–water partition coefficient (Wildman–Crippen LogP) is -8.39. The van der Waals surface area contributed by atoms with Crippen LogP contribution in [0.1, 0.15) is 12.8 Å². The number of ether oxygens (including phenoxy) is 4. The first kappa shape index (κ1) is 33.3. The van der Waals surface area contributed by atoms with Crippen molar-refractivity contribution in [3.05, 3.63) is 0 Å². The van der Waals surface area contributed by atoms with E-state index in [1.54, 1.807) is 0 Å². The molecule has 18 nitrogen and oxygen atoms in total. The van der Waals surface area contributed by atoms with E-state index in [1.165, 1.54) is 0 Å². The molecule has 0 radical (unpaired) electrons. The number of nitrogens with one attached hydrogen (secondary N) is 1. The number of amides is 1. The molecule has 3 rings (SSSR count). The number of hydrogen-bond acceptors (Lipinski definition) is 17.